The smallest absolute Gasteiger partial charge is 0.186 e. The van der Waals surface area contributed by atoms with Crippen LogP contribution in [0.3, 0.4) is 0 Å². The summed E-state index contributed by atoms with van der Waals surface area (Å²) in [4.78, 5) is 0. The van der Waals surface area contributed by atoms with E-state index in [1.165, 1.54) is 57.4 Å². The van der Waals surface area contributed by atoms with Crippen LogP contribution in [0.1, 0.15) is 51.4 Å². The zero-order valence-electron chi connectivity index (χ0n) is 9.98. The highest BCUT2D eigenvalue weighted by atomic mass is 28.4. The summed E-state index contributed by atoms with van der Waals surface area (Å²) >= 11 is 0. The third-order valence-corrected chi connectivity index (χ3v) is 5.71. The van der Waals surface area contributed by atoms with Crippen molar-refractivity contribution in [1.82, 2.24) is 0 Å². The molecule has 1 fully saturated rings. The fourth-order valence-corrected chi connectivity index (χ4v) is 4.08. The third-order valence-electron chi connectivity index (χ3n) is 3.17. The minimum atomic E-state index is -1.27. The van der Waals surface area contributed by atoms with E-state index >= 15 is 0 Å². The summed E-state index contributed by atoms with van der Waals surface area (Å²) < 4.78 is 6.04. The van der Waals surface area contributed by atoms with E-state index < -0.39 is 8.32 Å². The van der Waals surface area contributed by atoms with Crippen molar-refractivity contribution in [3.8, 4) is 0 Å². The predicted octanol–water partition coefficient (Wildman–Crippen LogP) is 4.34. The van der Waals surface area contributed by atoms with Crippen LogP contribution in [0.25, 0.3) is 0 Å². The van der Waals surface area contributed by atoms with Gasteiger partial charge in [0.1, 0.15) is 0 Å². The minimum absolute atomic E-state index is 1.03. The Hall–Kier alpha value is 0.177. The normalized spacial score (nSPS) is 26.1. The van der Waals surface area contributed by atoms with Gasteiger partial charge in [0.2, 0.25) is 0 Å². The van der Waals surface area contributed by atoms with E-state index in [2.05, 4.69) is 13.1 Å². The molecule has 0 aromatic heterocycles. The van der Waals surface area contributed by atoms with Crippen LogP contribution in [0.15, 0.2) is 0 Å². The predicted molar refractivity (Wildman–Crippen MR) is 65.2 cm³/mol. The van der Waals surface area contributed by atoms with E-state index in [4.69, 9.17) is 4.43 Å². The Morgan fingerprint density at radius 2 is 1.21 bits per heavy atom. The molecule has 0 aliphatic carbocycles. The molecule has 0 radical (unpaired) electrons. The lowest BCUT2D eigenvalue weighted by atomic mass is 10.1. The third kappa shape index (κ3) is 5.81. The van der Waals surface area contributed by atoms with E-state index in [1.54, 1.807) is 0 Å². The summed E-state index contributed by atoms with van der Waals surface area (Å²) in [5.41, 5.74) is 0. The van der Waals surface area contributed by atoms with Crippen molar-refractivity contribution in [3.05, 3.63) is 0 Å². The molecule has 1 saturated heterocycles. The molecule has 1 aliphatic rings. The molecule has 0 spiro atoms. The van der Waals surface area contributed by atoms with Crippen LogP contribution in [0, 0.1) is 0 Å². The van der Waals surface area contributed by atoms with Crippen molar-refractivity contribution in [2.75, 3.05) is 6.61 Å². The van der Waals surface area contributed by atoms with E-state index in [9.17, 15) is 0 Å². The molecule has 0 amide bonds. The summed E-state index contributed by atoms with van der Waals surface area (Å²) in [5, 5.41) is 0. The summed E-state index contributed by atoms with van der Waals surface area (Å²) in [5.74, 6) is 0. The lowest BCUT2D eigenvalue weighted by Crippen LogP contribution is -2.30. The molecule has 0 bridgehead atoms. The molecule has 14 heavy (non-hydrogen) atoms. The Morgan fingerprint density at radius 1 is 0.714 bits per heavy atom. The number of rotatable bonds is 0. The molecule has 0 saturated carbocycles. The van der Waals surface area contributed by atoms with Gasteiger partial charge in [0.25, 0.3) is 0 Å². The standard InChI is InChI=1S/C12H26OSi/c1-14(2)12-10-8-6-4-3-5-7-9-11-13-14/h3-12H2,1-2H3. The molecule has 0 unspecified atom stereocenters. The quantitative estimate of drug-likeness (QED) is 0.545. The second-order valence-electron chi connectivity index (χ2n) is 5.19. The molecule has 1 heterocycles. The van der Waals surface area contributed by atoms with Gasteiger partial charge in [0.05, 0.1) is 0 Å². The first-order chi connectivity index (χ1) is 6.71. The molecule has 0 N–H and O–H groups in total. The second-order valence-corrected chi connectivity index (χ2v) is 9.49. The summed E-state index contributed by atoms with van der Waals surface area (Å²) in [6.07, 6.45) is 11.3. The maximum absolute atomic E-state index is 6.04. The maximum Gasteiger partial charge on any atom is 0.186 e. The largest absolute Gasteiger partial charge is 0.417 e. The van der Waals surface area contributed by atoms with E-state index in [1.807, 2.05) is 0 Å². The van der Waals surface area contributed by atoms with Gasteiger partial charge >= 0.3 is 0 Å². The van der Waals surface area contributed by atoms with Crippen LogP contribution in [-0.4, -0.2) is 14.9 Å². The van der Waals surface area contributed by atoms with Crippen molar-refractivity contribution in [3.63, 3.8) is 0 Å². The molecule has 0 atom stereocenters. The Labute approximate surface area is 90.4 Å². The highest BCUT2D eigenvalue weighted by molar-refractivity contribution is 6.71. The van der Waals surface area contributed by atoms with Crippen LogP contribution >= 0.6 is 0 Å². The SMILES string of the molecule is C[Si]1(C)CCCCCCCCCCO1. The Kier molecular flexibility index (Phi) is 5.79. The summed E-state index contributed by atoms with van der Waals surface area (Å²) in [7, 11) is -1.27. The van der Waals surface area contributed by atoms with Crippen molar-refractivity contribution in [1.29, 1.82) is 0 Å². The summed E-state index contributed by atoms with van der Waals surface area (Å²) in [6.45, 7) is 5.77. The lowest BCUT2D eigenvalue weighted by Gasteiger charge is -2.23. The van der Waals surface area contributed by atoms with Gasteiger partial charge in [-0.1, -0.05) is 44.9 Å². The fraction of sp³-hybridized carbons (Fsp3) is 1.00. The topological polar surface area (TPSA) is 9.23 Å². The van der Waals surface area contributed by atoms with Crippen LogP contribution < -0.4 is 0 Å². The highest BCUT2D eigenvalue weighted by Crippen LogP contribution is 2.19. The molecule has 84 valence electrons. The number of hydrogen-bond donors (Lipinski definition) is 0. The molecule has 1 nitrogen and oxygen atoms in total. The first-order valence-electron chi connectivity index (χ1n) is 6.35. The van der Waals surface area contributed by atoms with E-state index in [0.29, 0.717) is 0 Å². The van der Waals surface area contributed by atoms with Crippen molar-refractivity contribution in [2.45, 2.75) is 70.5 Å². The Morgan fingerprint density at radius 3 is 1.86 bits per heavy atom. The van der Waals surface area contributed by atoms with Gasteiger partial charge in [-0.3, -0.25) is 0 Å². The average molecular weight is 214 g/mol. The van der Waals surface area contributed by atoms with Gasteiger partial charge in [-0.2, -0.15) is 0 Å². The average Bonchev–Trinajstić information content (AvgIpc) is 2.11. The highest BCUT2D eigenvalue weighted by Gasteiger charge is 2.21. The van der Waals surface area contributed by atoms with Crippen LogP contribution in [0.2, 0.25) is 19.1 Å². The van der Waals surface area contributed by atoms with Gasteiger partial charge in [-0.15, -0.1) is 0 Å². The van der Waals surface area contributed by atoms with Gasteiger partial charge < -0.3 is 4.43 Å². The van der Waals surface area contributed by atoms with Gasteiger partial charge in [-0.25, -0.2) is 0 Å². The lowest BCUT2D eigenvalue weighted by molar-refractivity contribution is 0.291. The molecule has 1 aliphatic heterocycles. The monoisotopic (exact) mass is 214 g/mol. The Balaban J connectivity index is 2.24. The maximum atomic E-state index is 6.04. The fourth-order valence-electron chi connectivity index (χ4n) is 2.13. The van der Waals surface area contributed by atoms with Gasteiger partial charge in [0.15, 0.2) is 8.32 Å². The van der Waals surface area contributed by atoms with Crippen LogP contribution in [0.4, 0.5) is 0 Å². The van der Waals surface area contributed by atoms with Crippen molar-refractivity contribution in [2.24, 2.45) is 0 Å². The number of hydrogen-bond acceptors (Lipinski definition) is 1. The van der Waals surface area contributed by atoms with E-state index in [-0.39, 0.29) is 0 Å². The van der Waals surface area contributed by atoms with Crippen molar-refractivity contribution < 1.29 is 4.43 Å². The first-order valence-corrected chi connectivity index (χ1v) is 9.46. The van der Waals surface area contributed by atoms with Gasteiger partial charge in [0, 0.05) is 6.61 Å². The first kappa shape index (κ1) is 12.2. The molecular formula is C12H26OSi. The van der Waals surface area contributed by atoms with Crippen LogP contribution in [0.5, 0.6) is 0 Å². The zero-order chi connectivity index (χ0) is 10.3. The molecule has 0 aromatic rings. The molecule has 2 heteroatoms. The minimum Gasteiger partial charge on any atom is -0.417 e. The van der Waals surface area contributed by atoms with E-state index in [0.717, 1.165) is 6.61 Å². The molecular weight excluding hydrogens is 188 g/mol. The molecule has 1 rings (SSSR count). The second kappa shape index (κ2) is 6.62. The Bertz CT molecular complexity index is 131. The molecule has 0 aromatic carbocycles. The summed E-state index contributed by atoms with van der Waals surface area (Å²) in [6, 6.07) is 1.37. The zero-order valence-corrected chi connectivity index (χ0v) is 11.0. The van der Waals surface area contributed by atoms with Crippen molar-refractivity contribution >= 4 is 8.32 Å². The van der Waals surface area contributed by atoms with Gasteiger partial charge in [-0.05, 0) is 25.6 Å². The van der Waals surface area contributed by atoms with Crippen LogP contribution in [-0.2, 0) is 4.43 Å².